The monoisotopic (exact) mass is 442 g/mol. The second-order valence-electron chi connectivity index (χ2n) is 6.61. The second kappa shape index (κ2) is 8.57. The van der Waals surface area contributed by atoms with Crippen molar-refractivity contribution in [3.8, 4) is 0 Å². The lowest BCUT2D eigenvalue weighted by molar-refractivity contribution is -0.127. The van der Waals surface area contributed by atoms with Crippen LogP contribution in [-0.4, -0.2) is 55.9 Å². The van der Waals surface area contributed by atoms with Crippen LogP contribution in [0.5, 0.6) is 0 Å². The maximum atomic E-state index is 13.4. The molecule has 1 heterocycles. The molecule has 1 amide bonds. The molecule has 2 aromatic carbocycles. The zero-order valence-electron chi connectivity index (χ0n) is 15.6. The first-order chi connectivity index (χ1) is 14.1. The van der Waals surface area contributed by atoms with E-state index in [1.54, 1.807) is 6.07 Å². The first kappa shape index (κ1) is 22.0. The lowest BCUT2D eigenvalue weighted by atomic mass is 10.0. The lowest BCUT2D eigenvalue weighted by Gasteiger charge is -2.33. The summed E-state index contributed by atoms with van der Waals surface area (Å²) in [6.07, 6.45) is -4.19. The van der Waals surface area contributed by atoms with Crippen molar-refractivity contribution in [2.24, 2.45) is 0 Å². The summed E-state index contributed by atoms with van der Waals surface area (Å²) in [6.45, 7) is -0.371. The predicted molar refractivity (Wildman–Crippen MR) is 102 cm³/mol. The Balaban J connectivity index is 1.74. The molecule has 1 fully saturated rings. The van der Waals surface area contributed by atoms with Crippen LogP contribution in [0.15, 0.2) is 65.6 Å². The summed E-state index contributed by atoms with van der Waals surface area (Å²) < 4.78 is 79.9. The summed E-state index contributed by atoms with van der Waals surface area (Å²) in [4.78, 5) is 13.4. The molecule has 0 N–H and O–H groups in total. The van der Waals surface area contributed by atoms with Gasteiger partial charge in [-0.15, -0.1) is 0 Å². The van der Waals surface area contributed by atoms with Gasteiger partial charge >= 0.3 is 6.18 Å². The molecule has 0 unspecified atom stereocenters. The van der Waals surface area contributed by atoms with Gasteiger partial charge in [0.2, 0.25) is 15.9 Å². The van der Waals surface area contributed by atoms with Crippen LogP contribution in [0.1, 0.15) is 5.56 Å². The highest BCUT2D eigenvalue weighted by atomic mass is 32.2. The molecule has 3 rings (SSSR count). The van der Waals surface area contributed by atoms with Gasteiger partial charge in [0, 0.05) is 32.3 Å². The molecule has 0 aromatic heterocycles. The Labute approximate surface area is 171 Å². The van der Waals surface area contributed by atoms with Gasteiger partial charge in [0.1, 0.15) is 5.82 Å². The Bertz CT molecular complexity index is 1050. The largest absolute Gasteiger partial charge is 0.417 e. The fourth-order valence-corrected chi connectivity index (χ4v) is 4.54. The van der Waals surface area contributed by atoms with Crippen molar-refractivity contribution in [2.75, 3.05) is 26.2 Å². The van der Waals surface area contributed by atoms with E-state index in [2.05, 4.69) is 0 Å². The summed E-state index contributed by atoms with van der Waals surface area (Å²) in [5, 5.41) is 0. The molecule has 0 bridgehead atoms. The summed E-state index contributed by atoms with van der Waals surface area (Å²) in [5.41, 5.74) is -1.20. The first-order valence-corrected chi connectivity index (χ1v) is 10.4. The molecule has 0 saturated carbocycles. The van der Waals surface area contributed by atoms with Crippen molar-refractivity contribution in [1.29, 1.82) is 0 Å². The third-order valence-corrected chi connectivity index (χ3v) is 6.54. The normalized spacial score (nSPS) is 16.5. The summed E-state index contributed by atoms with van der Waals surface area (Å²) in [5.74, 6) is -1.55. The molecule has 1 aliphatic rings. The van der Waals surface area contributed by atoms with Crippen molar-refractivity contribution >= 4 is 21.5 Å². The molecule has 0 atom stereocenters. The van der Waals surface area contributed by atoms with Crippen LogP contribution < -0.4 is 0 Å². The summed E-state index contributed by atoms with van der Waals surface area (Å²) in [7, 11) is -3.96. The van der Waals surface area contributed by atoms with E-state index < -0.39 is 33.5 Å². The maximum absolute atomic E-state index is 13.4. The number of hydrogen-bond donors (Lipinski definition) is 0. The minimum atomic E-state index is -4.72. The van der Waals surface area contributed by atoms with Crippen LogP contribution in [0.4, 0.5) is 17.6 Å². The molecule has 30 heavy (non-hydrogen) atoms. The molecular formula is C20H18F4N2O3S. The number of benzene rings is 2. The SMILES string of the molecule is O=C(/C=C(/c1ccccc1)C(F)(F)F)N1CCN(S(=O)(=O)c2cccc(F)c2)CC1. The topological polar surface area (TPSA) is 57.7 Å². The van der Waals surface area contributed by atoms with Crippen LogP contribution in [0.2, 0.25) is 0 Å². The second-order valence-corrected chi connectivity index (χ2v) is 8.55. The highest BCUT2D eigenvalue weighted by molar-refractivity contribution is 7.89. The summed E-state index contributed by atoms with van der Waals surface area (Å²) >= 11 is 0. The van der Waals surface area contributed by atoms with Crippen LogP contribution in [0.25, 0.3) is 5.57 Å². The molecule has 160 valence electrons. The smallest absolute Gasteiger partial charge is 0.337 e. The lowest BCUT2D eigenvalue weighted by Crippen LogP contribution is -2.50. The molecule has 0 spiro atoms. The number of sulfonamides is 1. The number of rotatable bonds is 4. The number of alkyl halides is 3. The summed E-state index contributed by atoms with van der Waals surface area (Å²) in [6, 6.07) is 11.5. The van der Waals surface area contributed by atoms with E-state index in [1.165, 1.54) is 36.4 Å². The van der Waals surface area contributed by atoms with Crippen molar-refractivity contribution in [3.63, 3.8) is 0 Å². The van der Waals surface area contributed by atoms with E-state index in [4.69, 9.17) is 0 Å². The number of carbonyl (C=O) groups is 1. The third kappa shape index (κ3) is 4.88. The minimum Gasteiger partial charge on any atom is -0.337 e. The fraction of sp³-hybridized carbons (Fsp3) is 0.250. The van der Waals surface area contributed by atoms with Crippen LogP contribution in [-0.2, 0) is 14.8 Å². The van der Waals surface area contributed by atoms with Crippen LogP contribution >= 0.6 is 0 Å². The Hall–Kier alpha value is -2.72. The molecule has 10 heteroatoms. The number of amides is 1. The van der Waals surface area contributed by atoms with Crippen molar-refractivity contribution < 1.29 is 30.8 Å². The zero-order chi connectivity index (χ0) is 21.9. The first-order valence-electron chi connectivity index (χ1n) is 8.98. The van der Waals surface area contributed by atoms with Crippen LogP contribution in [0.3, 0.4) is 0 Å². The van der Waals surface area contributed by atoms with Crippen molar-refractivity contribution in [3.05, 3.63) is 72.1 Å². The molecule has 1 saturated heterocycles. The van der Waals surface area contributed by atoms with E-state index in [0.717, 1.165) is 21.3 Å². The number of hydrogen-bond acceptors (Lipinski definition) is 3. The number of carbonyl (C=O) groups excluding carboxylic acids is 1. The van der Waals surface area contributed by atoms with Gasteiger partial charge in [-0.05, 0) is 23.8 Å². The molecule has 0 aliphatic carbocycles. The van der Waals surface area contributed by atoms with Gasteiger partial charge in [0.15, 0.2) is 0 Å². The van der Waals surface area contributed by atoms with Gasteiger partial charge in [-0.1, -0.05) is 36.4 Å². The number of nitrogens with zero attached hydrogens (tertiary/aromatic N) is 2. The molecule has 2 aromatic rings. The number of piperazine rings is 1. The highest BCUT2D eigenvalue weighted by Crippen LogP contribution is 2.34. The zero-order valence-corrected chi connectivity index (χ0v) is 16.5. The highest BCUT2D eigenvalue weighted by Gasteiger charge is 2.36. The van der Waals surface area contributed by atoms with Gasteiger partial charge in [0.05, 0.1) is 10.5 Å². The average Bonchev–Trinajstić information content (AvgIpc) is 2.71. The van der Waals surface area contributed by atoms with E-state index in [1.807, 2.05) is 0 Å². The number of allylic oxidation sites excluding steroid dienone is 1. The van der Waals surface area contributed by atoms with Gasteiger partial charge in [-0.25, -0.2) is 12.8 Å². The van der Waals surface area contributed by atoms with Crippen molar-refractivity contribution in [1.82, 2.24) is 9.21 Å². The molecule has 0 radical (unpaired) electrons. The Morgan fingerprint density at radius 2 is 1.57 bits per heavy atom. The Morgan fingerprint density at radius 1 is 0.933 bits per heavy atom. The van der Waals surface area contributed by atoms with Crippen LogP contribution in [0, 0.1) is 5.82 Å². The quantitative estimate of drug-likeness (QED) is 0.539. The van der Waals surface area contributed by atoms with E-state index in [9.17, 15) is 30.8 Å². The Kier molecular flexibility index (Phi) is 6.27. The van der Waals surface area contributed by atoms with E-state index in [0.29, 0.717) is 6.08 Å². The van der Waals surface area contributed by atoms with Gasteiger partial charge < -0.3 is 4.90 Å². The maximum Gasteiger partial charge on any atom is 0.417 e. The molecular weight excluding hydrogens is 424 g/mol. The standard InChI is InChI=1S/C20H18F4N2O3S/c21-16-7-4-8-17(13-16)30(28,29)26-11-9-25(10-12-26)19(27)14-18(20(22,23)24)15-5-2-1-3-6-15/h1-8,13-14H,9-12H2/b18-14-. The average molecular weight is 442 g/mol. The minimum absolute atomic E-state index is 0.0796. The van der Waals surface area contributed by atoms with E-state index >= 15 is 0 Å². The Morgan fingerprint density at radius 3 is 2.13 bits per heavy atom. The predicted octanol–water partition coefficient (Wildman–Crippen LogP) is 3.30. The molecule has 5 nitrogen and oxygen atoms in total. The molecule has 1 aliphatic heterocycles. The fourth-order valence-electron chi connectivity index (χ4n) is 3.09. The third-order valence-electron chi connectivity index (χ3n) is 4.64. The van der Waals surface area contributed by atoms with Gasteiger partial charge in [-0.2, -0.15) is 17.5 Å². The van der Waals surface area contributed by atoms with Crippen molar-refractivity contribution in [2.45, 2.75) is 11.1 Å². The number of halogens is 4. The van der Waals surface area contributed by atoms with E-state index in [-0.39, 0.29) is 36.6 Å². The van der Waals surface area contributed by atoms with Gasteiger partial charge in [0.25, 0.3) is 0 Å². The van der Waals surface area contributed by atoms with Gasteiger partial charge in [-0.3, -0.25) is 4.79 Å².